The maximum Gasteiger partial charge on any atom is 0.0610 e. The zero-order valence-electron chi connectivity index (χ0n) is 12.3. The normalized spacial score (nSPS) is 27.3. The molecule has 18 heavy (non-hydrogen) atoms. The minimum Gasteiger partial charge on any atom is -0.394 e. The fraction of sp³-hybridized carbons (Fsp3) is 1.00. The number of nitrogens with one attached hydrogen (secondary N) is 1. The Labute approximate surface area is 112 Å². The van der Waals surface area contributed by atoms with Crippen molar-refractivity contribution in [3.63, 3.8) is 0 Å². The van der Waals surface area contributed by atoms with Gasteiger partial charge in [-0.3, -0.25) is 0 Å². The molecule has 0 aromatic carbocycles. The van der Waals surface area contributed by atoms with Gasteiger partial charge in [0.05, 0.1) is 6.61 Å². The van der Waals surface area contributed by atoms with Crippen LogP contribution in [0, 0.1) is 5.41 Å². The van der Waals surface area contributed by atoms with Gasteiger partial charge in [-0.15, -0.1) is 0 Å². The zero-order valence-corrected chi connectivity index (χ0v) is 12.3. The number of likely N-dealkylation sites (tertiary alicyclic amines) is 1. The van der Waals surface area contributed by atoms with Gasteiger partial charge >= 0.3 is 0 Å². The second-order valence-electron chi connectivity index (χ2n) is 7.43. The van der Waals surface area contributed by atoms with Crippen LogP contribution in [0.1, 0.15) is 52.9 Å². The average Bonchev–Trinajstić information content (AvgIpc) is 3.03. The van der Waals surface area contributed by atoms with Crippen LogP contribution in [-0.2, 0) is 0 Å². The Balaban J connectivity index is 1.67. The van der Waals surface area contributed by atoms with E-state index in [4.69, 9.17) is 0 Å². The van der Waals surface area contributed by atoms with E-state index < -0.39 is 0 Å². The van der Waals surface area contributed by atoms with Gasteiger partial charge in [-0.1, -0.05) is 13.8 Å². The highest BCUT2D eigenvalue weighted by molar-refractivity contribution is 4.92. The Kier molecular flexibility index (Phi) is 4.35. The first-order valence-electron chi connectivity index (χ1n) is 7.53. The number of aliphatic hydroxyl groups is 1. The number of hydrogen-bond acceptors (Lipinski definition) is 3. The lowest BCUT2D eigenvalue weighted by Crippen LogP contribution is -2.47. The fourth-order valence-electron chi connectivity index (χ4n) is 3.03. The second kappa shape index (κ2) is 5.48. The summed E-state index contributed by atoms with van der Waals surface area (Å²) in [5, 5.41) is 13.2. The molecule has 1 aliphatic heterocycles. The largest absolute Gasteiger partial charge is 0.394 e. The topological polar surface area (TPSA) is 35.5 Å². The summed E-state index contributed by atoms with van der Waals surface area (Å²) in [4.78, 5) is 2.58. The molecular formula is C15H30N2O. The van der Waals surface area contributed by atoms with E-state index in [1.165, 1.54) is 45.3 Å². The molecule has 0 aromatic heterocycles. The molecule has 1 heterocycles. The van der Waals surface area contributed by atoms with E-state index in [1.54, 1.807) is 0 Å². The summed E-state index contributed by atoms with van der Waals surface area (Å²) in [6, 6.07) is 0.674. The van der Waals surface area contributed by atoms with Crippen molar-refractivity contribution in [2.45, 2.75) is 64.5 Å². The minimum atomic E-state index is -0.0591. The van der Waals surface area contributed by atoms with Crippen LogP contribution in [0.15, 0.2) is 0 Å². The smallest absolute Gasteiger partial charge is 0.0610 e. The van der Waals surface area contributed by atoms with Gasteiger partial charge in [0, 0.05) is 18.1 Å². The summed E-state index contributed by atoms with van der Waals surface area (Å²) < 4.78 is 0. The van der Waals surface area contributed by atoms with Crippen molar-refractivity contribution in [3.05, 3.63) is 0 Å². The molecule has 3 nitrogen and oxygen atoms in total. The van der Waals surface area contributed by atoms with Gasteiger partial charge in [-0.2, -0.15) is 0 Å². The maximum atomic E-state index is 9.56. The lowest BCUT2D eigenvalue weighted by atomic mass is 9.93. The molecule has 0 aromatic rings. The summed E-state index contributed by atoms with van der Waals surface area (Å²) in [7, 11) is 0. The van der Waals surface area contributed by atoms with Crippen molar-refractivity contribution >= 4 is 0 Å². The lowest BCUT2D eigenvalue weighted by molar-refractivity contribution is 0.156. The predicted octanol–water partition coefficient (Wildman–Crippen LogP) is 2.00. The Hall–Kier alpha value is -0.120. The molecule has 2 rings (SSSR count). The summed E-state index contributed by atoms with van der Waals surface area (Å²) in [5.41, 5.74) is 0.447. The SMILES string of the molecule is CC1(C)CCN(CCCC(C)(CO)NC2CC2)C1. The van der Waals surface area contributed by atoms with Crippen molar-refractivity contribution in [2.24, 2.45) is 5.41 Å². The molecular weight excluding hydrogens is 224 g/mol. The molecule has 1 atom stereocenters. The van der Waals surface area contributed by atoms with Gasteiger partial charge < -0.3 is 15.3 Å². The van der Waals surface area contributed by atoms with Gasteiger partial charge in [0.25, 0.3) is 0 Å². The molecule has 1 saturated carbocycles. The van der Waals surface area contributed by atoms with Crippen LogP contribution < -0.4 is 5.32 Å². The van der Waals surface area contributed by atoms with Crippen LogP contribution >= 0.6 is 0 Å². The zero-order chi connectivity index (χ0) is 13.2. The van der Waals surface area contributed by atoms with Crippen molar-refractivity contribution in [2.75, 3.05) is 26.2 Å². The van der Waals surface area contributed by atoms with Crippen molar-refractivity contribution in [3.8, 4) is 0 Å². The Morgan fingerprint density at radius 2 is 2.11 bits per heavy atom. The van der Waals surface area contributed by atoms with Gasteiger partial charge in [-0.05, 0) is 57.5 Å². The predicted molar refractivity (Wildman–Crippen MR) is 75.7 cm³/mol. The quantitative estimate of drug-likeness (QED) is 0.729. The van der Waals surface area contributed by atoms with Crippen LogP contribution in [0.5, 0.6) is 0 Å². The molecule has 0 amide bonds. The maximum absolute atomic E-state index is 9.56. The first-order chi connectivity index (χ1) is 8.42. The number of nitrogens with zero attached hydrogens (tertiary/aromatic N) is 1. The molecule has 1 unspecified atom stereocenters. The highest BCUT2D eigenvalue weighted by Crippen LogP contribution is 2.29. The Bertz CT molecular complexity index is 276. The van der Waals surface area contributed by atoms with E-state index in [0.29, 0.717) is 11.5 Å². The Morgan fingerprint density at radius 3 is 2.61 bits per heavy atom. The molecule has 0 spiro atoms. The highest BCUT2D eigenvalue weighted by Gasteiger charge is 2.32. The van der Waals surface area contributed by atoms with E-state index >= 15 is 0 Å². The third-order valence-electron chi connectivity index (χ3n) is 4.44. The van der Waals surface area contributed by atoms with Gasteiger partial charge in [0.15, 0.2) is 0 Å². The minimum absolute atomic E-state index is 0.0591. The standard InChI is InChI=1S/C15H30N2O/c1-14(2)8-10-17(11-14)9-4-7-15(3,12-18)16-13-5-6-13/h13,16,18H,4-12H2,1-3H3. The number of hydrogen-bond donors (Lipinski definition) is 2. The third kappa shape index (κ3) is 4.22. The highest BCUT2D eigenvalue weighted by atomic mass is 16.3. The van der Waals surface area contributed by atoms with E-state index in [1.807, 2.05) is 0 Å². The monoisotopic (exact) mass is 254 g/mol. The van der Waals surface area contributed by atoms with Crippen molar-refractivity contribution in [1.82, 2.24) is 10.2 Å². The van der Waals surface area contributed by atoms with Gasteiger partial charge in [-0.25, -0.2) is 0 Å². The second-order valence-corrected chi connectivity index (χ2v) is 7.43. The van der Waals surface area contributed by atoms with Gasteiger partial charge in [0.1, 0.15) is 0 Å². The van der Waals surface area contributed by atoms with Crippen molar-refractivity contribution in [1.29, 1.82) is 0 Å². The molecule has 2 aliphatic rings. The molecule has 0 radical (unpaired) electrons. The van der Waals surface area contributed by atoms with Crippen molar-refractivity contribution < 1.29 is 5.11 Å². The number of rotatable bonds is 7. The van der Waals surface area contributed by atoms with E-state index in [0.717, 1.165) is 6.42 Å². The first-order valence-corrected chi connectivity index (χ1v) is 7.53. The molecule has 1 saturated heterocycles. The first kappa shape index (κ1) is 14.3. The van der Waals surface area contributed by atoms with E-state index in [9.17, 15) is 5.11 Å². The summed E-state index contributed by atoms with van der Waals surface area (Å²) in [6.07, 6.45) is 6.17. The van der Waals surface area contributed by atoms with Crippen LogP contribution in [-0.4, -0.2) is 47.8 Å². The molecule has 2 N–H and O–H groups in total. The molecule has 3 heteroatoms. The summed E-state index contributed by atoms with van der Waals surface area (Å²) in [5.74, 6) is 0. The average molecular weight is 254 g/mol. The fourth-order valence-corrected chi connectivity index (χ4v) is 3.03. The molecule has 0 bridgehead atoms. The van der Waals surface area contributed by atoms with Crippen LogP contribution in [0.25, 0.3) is 0 Å². The summed E-state index contributed by atoms with van der Waals surface area (Å²) >= 11 is 0. The lowest BCUT2D eigenvalue weighted by Gasteiger charge is -2.30. The Morgan fingerprint density at radius 1 is 1.39 bits per heavy atom. The number of aliphatic hydroxyl groups excluding tert-OH is 1. The van der Waals surface area contributed by atoms with Crippen LogP contribution in [0.3, 0.4) is 0 Å². The summed E-state index contributed by atoms with van der Waals surface area (Å²) in [6.45, 7) is 10.8. The molecule has 1 aliphatic carbocycles. The molecule has 106 valence electrons. The van der Waals surface area contributed by atoms with Crippen LogP contribution in [0.2, 0.25) is 0 Å². The van der Waals surface area contributed by atoms with Crippen LogP contribution in [0.4, 0.5) is 0 Å². The third-order valence-corrected chi connectivity index (χ3v) is 4.44. The molecule has 2 fully saturated rings. The van der Waals surface area contributed by atoms with E-state index in [-0.39, 0.29) is 12.1 Å². The van der Waals surface area contributed by atoms with Gasteiger partial charge in [0.2, 0.25) is 0 Å². The van der Waals surface area contributed by atoms with E-state index in [2.05, 4.69) is 31.0 Å².